The molecule has 19 heavy (non-hydrogen) atoms. The number of ether oxygens (including phenoxy) is 2. The summed E-state index contributed by atoms with van der Waals surface area (Å²) in [6.07, 6.45) is -5.28. The average Bonchev–Trinajstić information content (AvgIpc) is 2.35. The van der Waals surface area contributed by atoms with E-state index in [1.165, 1.54) is 25.3 Å². The molecule has 0 amide bonds. The summed E-state index contributed by atoms with van der Waals surface area (Å²) >= 11 is 0. The number of alkyl halides is 3. The van der Waals surface area contributed by atoms with Crippen LogP contribution < -0.4 is 4.74 Å². The van der Waals surface area contributed by atoms with Crippen molar-refractivity contribution in [2.45, 2.75) is 38.3 Å². The predicted octanol–water partition coefficient (Wildman–Crippen LogP) is 3.43. The quantitative estimate of drug-likeness (QED) is 0.896. The molecule has 1 N–H and O–H groups in total. The van der Waals surface area contributed by atoms with Crippen LogP contribution in [0.3, 0.4) is 0 Å². The molecule has 3 nitrogen and oxygen atoms in total. The monoisotopic (exact) mass is 278 g/mol. The van der Waals surface area contributed by atoms with Gasteiger partial charge in [-0.25, -0.2) is 0 Å². The van der Waals surface area contributed by atoms with Gasteiger partial charge in [-0.2, -0.15) is 0 Å². The summed E-state index contributed by atoms with van der Waals surface area (Å²) in [4.78, 5) is 0. The van der Waals surface area contributed by atoms with Crippen molar-refractivity contribution in [3.63, 3.8) is 0 Å². The lowest BCUT2D eigenvalue weighted by Gasteiger charge is -2.32. The van der Waals surface area contributed by atoms with Crippen molar-refractivity contribution >= 4 is 0 Å². The van der Waals surface area contributed by atoms with Crippen LogP contribution >= 0.6 is 0 Å². The van der Waals surface area contributed by atoms with Crippen molar-refractivity contribution in [2.75, 3.05) is 7.11 Å². The second kappa shape index (κ2) is 5.79. The smallest absolute Gasteiger partial charge is 0.406 e. The third-order valence-electron chi connectivity index (χ3n) is 3.15. The molecule has 0 aliphatic rings. The Labute approximate surface area is 110 Å². The van der Waals surface area contributed by atoms with Crippen molar-refractivity contribution in [2.24, 2.45) is 0 Å². The van der Waals surface area contributed by atoms with Crippen LogP contribution in [0.15, 0.2) is 24.3 Å². The number of halogens is 3. The van der Waals surface area contributed by atoms with Crippen LogP contribution in [0.2, 0.25) is 0 Å². The zero-order valence-corrected chi connectivity index (χ0v) is 11.0. The molecule has 1 aromatic rings. The van der Waals surface area contributed by atoms with Crippen LogP contribution in [0.25, 0.3) is 0 Å². The predicted molar refractivity (Wildman–Crippen MR) is 63.8 cm³/mol. The van der Waals surface area contributed by atoms with Gasteiger partial charge in [0.2, 0.25) is 0 Å². The number of aliphatic hydroxyl groups is 1. The fourth-order valence-electron chi connectivity index (χ4n) is 1.68. The maximum atomic E-state index is 12.1. The highest BCUT2D eigenvalue weighted by atomic mass is 19.4. The van der Waals surface area contributed by atoms with E-state index < -0.39 is 18.1 Å². The molecule has 0 aliphatic heterocycles. The minimum Gasteiger partial charge on any atom is -0.406 e. The van der Waals surface area contributed by atoms with Gasteiger partial charge in [-0.3, -0.25) is 0 Å². The van der Waals surface area contributed by atoms with Crippen molar-refractivity contribution in [3.05, 3.63) is 29.8 Å². The van der Waals surface area contributed by atoms with Gasteiger partial charge in [0.05, 0.1) is 5.60 Å². The highest BCUT2D eigenvalue weighted by Gasteiger charge is 2.34. The number of hydrogen-bond acceptors (Lipinski definition) is 3. The Hall–Kier alpha value is -1.27. The Morgan fingerprint density at radius 3 is 2.42 bits per heavy atom. The van der Waals surface area contributed by atoms with Crippen molar-refractivity contribution in [1.29, 1.82) is 0 Å². The molecule has 108 valence electrons. The van der Waals surface area contributed by atoms with E-state index in [4.69, 9.17) is 4.74 Å². The SMILES string of the molecule is CCC(C)(OC)C(O)c1cccc(OC(F)(F)F)c1. The number of methoxy groups -OCH3 is 1. The molecule has 0 heterocycles. The summed E-state index contributed by atoms with van der Waals surface area (Å²) in [5.74, 6) is -0.362. The van der Waals surface area contributed by atoms with Gasteiger partial charge in [0, 0.05) is 7.11 Å². The first-order valence-electron chi connectivity index (χ1n) is 5.81. The van der Waals surface area contributed by atoms with E-state index in [9.17, 15) is 18.3 Å². The van der Waals surface area contributed by atoms with E-state index in [2.05, 4.69) is 4.74 Å². The maximum absolute atomic E-state index is 12.1. The van der Waals surface area contributed by atoms with Gasteiger partial charge in [0.25, 0.3) is 0 Å². The van der Waals surface area contributed by atoms with Gasteiger partial charge in [-0.15, -0.1) is 13.2 Å². The molecule has 1 aromatic carbocycles. The summed E-state index contributed by atoms with van der Waals surface area (Å²) in [6.45, 7) is 3.51. The highest BCUT2D eigenvalue weighted by Crippen LogP contribution is 2.33. The zero-order chi connectivity index (χ0) is 14.7. The van der Waals surface area contributed by atoms with Gasteiger partial charge < -0.3 is 14.6 Å². The number of benzene rings is 1. The molecule has 0 saturated carbocycles. The Balaban J connectivity index is 2.99. The fraction of sp³-hybridized carbons (Fsp3) is 0.538. The molecular weight excluding hydrogens is 261 g/mol. The van der Waals surface area contributed by atoms with Gasteiger partial charge in [0.15, 0.2) is 0 Å². The molecule has 0 fully saturated rings. The Morgan fingerprint density at radius 1 is 1.32 bits per heavy atom. The third-order valence-corrected chi connectivity index (χ3v) is 3.15. The molecular formula is C13H17F3O3. The highest BCUT2D eigenvalue weighted by molar-refractivity contribution is 5.31. The lowest BCUT2D eigenvalue weighted by atomic mass is 9.90. The fourth-order valence-corrected chi connectivity index (χ4v) is 1.68. The normalized spacial score (nSPS) is 16.8. The summed E-state index contributed by atoms with van der Waals surface area (Å²) in [6, 6.07) is 5.26. The second-order valence-electron chi connectivity index (χ2n) is 4.39. The zero-order valence-electron chi connectivity index (χ0n) is 11.0. The number of hydrogen-bond donors (Lipinski definition) is 1. The van der Waals surface area contributed by atoms with E-state index in [1.807, 2.05) is 6.92 Å². The molecule has 0 radical (unpaired) electrons. The number of rotatable bonds is 5. The minimum atomic E-state index is -4.75. The van der Waals surface area contributed by atoms with E-state index >= 15 is 0 Å². The first kappa shape index (κ1) is 15.8. The van der Waals surface area contributed by atoms with Crippen LogP contribution in [-0.4, -0.2) is 24.2 Å². The Bertz CT molecular complexity index is 414. The van der Waals surface area contributed by atoms with E-state index in [1.54, 1.807) is 6.92 Å². The molecule has 0 saturated heterocycles. The summed E-state index contributed by atoms with van der Waals surface area (Å²) < 4.78 is 45.4. The first-order valence-corrected chi connectivity index (χ1v) is 5.81. The number of aliphatic hydroxyl groups excluding tert-OH is 1. The van der Waals surface area contributed by atoms with Crippen LogP contribution in [-0.2, 0) is 4.74 Å². The van der Waals surface area contributed by atoms with Crippen LogP contribution in [0, 0.1) is 0 Å². The lowest BCUT2D eigenvalue weighted by Crippen LogP contribution is -2.34. The van der Waals surface area contributed by atoms with E-state index in [-0.39, 0.29) is 5.75 Å². The molecule has 1 rings (SSSR count). The van der Waals surface area contributed by atoms with Gasteiger partial charge in [-0.1, -0.05) is 19.1 Å². The maximum Gasteiger partial charge on any atom is 0.573 e. The van der Waals surface area contributed by atoms with Crippen LogP contribution in [0.4, 0.5) is 13.2 Å². The standard InChI is InChI=1S/C13H17F3O3/c1-4-12(2,18-3)11(17)9-6-5-7-10(8-9)19-13(14,15)16/h5-8,11,17H,4H2,1-3H3. The molecule has 6 heteroatoms. The molecule has 2 unspecified atom stereocenters. The molecule has 2 atom stereocenters. The summed E-state index contributed by atoms with van der Waals surface area (Å²) in [7, 11) is 1.45. The lowest BCUT2D eigenvalue weighted by molar-refractivity contribution is -0.274. The van der Waals surface area contributed by atoms with Gasteiger partial charge in [-0.05, 0) is 31.0 Å². The van der Waals surface area contributed by atoms with Gasteiger partial charge in [0.1, 0.15) is 11.9 Å². The van der Waals surface area contributed by atoms with Crippen LogP contribution in [0.1, 0.15) is 31.9 Å². The Kier molecular flexibility index (Phi) is 4.81. The van der Waals surface area contributed by atoms with E-state index in [0.717, 1.165) is 6.07 Å². The van der Waals surface area contributed by atoms with Crippen molar-refractivity contribution in [3.8, 4) is 5.75 Å². The molecule has 0 aromatic heterocycles. The molecule has 0 bridgehead atoms. The molecule has 0 aliphatic carbocycles. The van der Waals surface area contributed by atoms with Crippen molar-refractivity contribution < 1.29 is 27.8 Å². The largest absolute Gasteiger partial charge is 0.573 e. The van der Waals surface area contributed by atoms with Gasteiger partial charge >= 0.3 is 6.36 Å². The minimum absolute atomic E-state index is 0.313. The second-order valence-corrected chi connectivity index (χ2v) is 4.39. The average molecular weight is 278 g/mol. The van der Waals surface area contributed by atoms with E-state index in [0.29, 0.717) is 12.0 Å². The first-order chi connectivity index (χ1) is 8.72. The summed E-state index contributed by atoms with van der Waals surface area (Å²) in [5.41, 5.74) is -0.551. The van der Waals surface area contributed by atoms with Crippen LogP contribution in [0.5, 0.6) is 5.75 Å². The summed E-state index contributed by atoms with van der Waals surface area (Å²) in [5, 5.41) is 10.2. The third kappa shape index (κ3) is 4.11. The Morgan fingerprint density at radius 2 is 1.95 bits per heavy atom. The molecule has 0 spiro atoms. The van der Waals surface area contributed by atoms with Crippen molar-refractivity contribution in [1.82, 2.24) is 0 Å². The topological polar surface area (TPSA) is 38.7 Å².